The second kappa shape index (κ2) is 8.19. The van der Waals surface area contributed by atoms with E-state index in [1.165, 1.54) is 6.08 Å². The molecule has 1 aliphatic rings. The number of carbonyl (C=O) groups is 2. The molecule has 0 saturated carbocycles. The summed E-state index contributed by atoms with van der Waals surface area (Å²) < 4.78 is 20.9. The molecule has 0 bridgehead atoms. The normalized spacial score (nSPS) is 14.8. The second-order valence-electron chi connectivity index (χ2n) is 4.89. The quantitative estimate of drug-likeness (QED) is 0.609. The van der Waals surface area contributed by atoms with Gasteiger partial charge >= 0.3 is 11.9 Å². The van der Waals surface area contributed by atoms with Crippen molar-refractivity contribution in [1.29, 1.82) is 0 Å². The molecule has 1 aromatic carbocycles. The lowest BCUT2D eigenvalue weighted by Crippen LogP contribution is -2.14. The molecule has 0 spiro atoms. The smallest absolute Gasteiger partial charge is 0.338 e. The number of methoxy groups -OCH3 is 1. The Morgan fingerprint density at radius 3 is 2.62 bits per heavy atom. The van der Waals surface area contributed by atoms with E-state index in [0.717, 1.165) is 0 Å². The van der Waals surface area contributed by atoms with E-state index in [9.17, 15) is 9.59 Å². The van der Waals surface area contributed by atoms with Gasteiger partial charge in [0.1, 0.15) is 18.1 Å². The first-order valence-electron chi connectivity index (χ1n) is 7.66. The van der Waals surface area contributed by atoms with Gasteiger partial charge in [0, 0.05) is 17.2 Å². The fourth-order valence-corrected chi connectivity index (χ4v) is 2.22. The highest BCUT2D eigenvalue weighted by atomic mass is 16.5. The van der Waals surface area contributed by atoms with E-state index in [-0.39, 0.29) is 25.4 Å². The van der Waals surface area contributed by atoms with E-state index >= 15 is 0 Å². The molecule has 6 heteroatoms. The van der Waals surface area contributed by atoms with E-state index < -0.39 is 11.9 Å². The number of carbonyl (C=O) groups excluding carboxylic acids is 2. The average Bonchev–Trinajstić information content (AvgIpc) is 2.74. The Morgan fingerprint density at radius 1 is 1.21 bits per heavy atom. The van der Waals surface area contributed by atoms with Crippen LogP contribution in [0.15, 0.2) is 35.4 Å². The van der Waals surface area contributed by atoms with Gasteiger partial charge in [-0.05, 0) is 38.1 Å². The topological polar surface area (TPSA) is 71.1 Å². The van der Waals surface area contributed by atoms with Gasteiger partial charge in [-0.3, -0.25) is 0 Å². The Balaban J connectivity index is 2.47. The van der Waals surface area contributed by atoms with Crippen molar-refractivity contribution in [3.8, 4) is 11.5 Å². The van der Waals surface area contributed by atoms with Crippen LogP contribution in [-0.2, 0) is 19.1 Å². The Bertz CT molecular complexity index is 687. The Kier molecular flexibility index (Phi) is 6.01. The fourth-order valence-electron chi connectivity index (χ4n) is 2.22. The summed E-state index contributed by atoms with van der Waals surface area (Å²) >= 11 is 0. The van der Waals surface area contributed by atoms with Crippen molar-refractivity contribution in [3.63, 3.8) is 0 Å². The van der Waals surface area contributed by atoms with Crippen LogP contribution >= 0.6 is 0 Å². The number of rotatable bonds is 5. The molecule has 0 unspecified atom stereocenters. The number of esters is 2. The van der Waals surface area contributed by atoms with Gasteiger partial charge in [0.2, 0.25) is 0 Å². The van der Waals surface area contributed by atoms with Crippen LogP contribution < -0.4 is 9.47 Å². The predicted octanol–water partition coefficient (Wildman–Crippen LogP) is 2.52. The summed E-state index contributed by atoms with van der Waals surface area (Å²) in [6, 6.07) is 5.26. The highest BCUT2D eigenvalue weighted by molar-refractivity contribution is 6.01. The third-order valence-electron chi connectivity index (χ3n) is 3.32. The van der Waals surface area contributed by atoms with E-state index in [4.69, 9.17) is 18.9 Å². The zero-order valence-electron chi connectivity index (χ0n) is 14.0. The molecule has 128 valence electrons. The first-order chi connectivity index (χ1) is 11.6. The molecule has 24 heavy (non-hydrogen) atoms. The maximum atomic E-state index is 12.3. The second-order valence-corrected chi connectivity index (χ2v) is 4.89. The van der Waals surface area contributed by atoms with Crippen molar-refractivity contribution < 1.29 is 28.5 Å². The molecule has 1 aliphatic heterocycles. The average molecular weight is 332 g/mol. The summed E-state index contributed by atoms with van der Waals surface area (Å²) in [5, 5.41) is 0. The summed E-state index contributed by atoms with van der Waals surface area (Å²) in [5.74, 6) is 0.168. The number of hydrogen-bond acceptors (Lipinski definition) is 6. The Labute approximate surface area is 140 Å². The minimum absolute atomic E-state index is 0.0583. The molecular formula is C18H20O6. The molecule has 1 aromatic rings. The van der Waals surface area contributed by atoms with E-state index in [1.54, 1.807) is 45.2 Å². The Morgan fingerprint density at radius 2 is 1.96 bits per heavy atom. The minimum atomic E-state index is -0.533. The van der Waals surface area contributed by atoms with Crippen LogP contribution in [0.5, 0.6) is 11.5 Å². The van der Waals surface area contributed by atoms with E-state index in [0.29, 0.717) is 22.6 Å². The molecule has 0 N–H and O–H groups in total. The van der Waals surface area contributed by atoms with Crippen molar-refractivity contribution in [2.24, 2.45) is 0 Å². The molecular weight excluding hydrogens is 312 g/mol. The lowest BCUT2D eigenvalue weighted by atomic mass is 10.0. The van der Waals surface area contributed by atoms with Crippen LogP contribution in [-0.4, -0.2) is 38.9 Å². The van der Waals surface area contributed by atoms with Crippen molar-refractivity contribution in [3.05, 3.63) is 41.0 Å². The lowest BCUT2D eigenvalue weighted by Gasteiger charge is -2.10. The van der Waals surface area contributed by atoms with E-state index in [2.05, 4.69) is 0 Å². The number of fused-ring (bicyclic) bond motifs is 1. The molecule has 0 aliphatic carbocycles. The van der Waals surface area contributed by atoms with Gasteiger partial charge in [-0.1, -0.05) is 0 Å². The van der Waals surface area contributed by atoms with Crippen LogP contribution in [0.25, 0.3) is 6.08 Å². The number of benzene rings is 1. The molecule has 0 saturated heterocycles. The van der Waals surface area contributed by atoms with Crippen LogP contribution in [0.1, 0.15) is 19.4 Å². The summed E-state index contributed by atoms with van der Waals surface area (Å²) in [4.78, 5) is 24.1. The third-order valence-corrected chi connectivity index (χ3v) is 3.32. The first kappa shape index (κ1) is 17.6. The van der Waals surface area contributed by atoms with Crippen LogP contribution in [0.2, 0.25) is 0 Å². The van der Waals surface area contributed by atoms with Gasteiger partial charge in [0.25, 0.3) is 0 Å². The highest BCUT2D eigenvalue weighted by Gasteiger charge is 2.22. The summed E-state index contributed by atoms with van der Waals surface area (Å²) in [6.07, 6.45) is 2.89. The standard InChI is InChI=1S/C18H20O6/c1-4-22-17(19)10-13-11-24-16-7-6-14(21-3)8-12(16)9-15(13)18(20)23-5-2/h6-10H,4-5,11H2,1-3H3/b13-10+. The monoisotopic (exact) mass is 332 g/mol. The maximum Gasteiger partial charge on any atom is 0.338 e. The highest BCUT2D eigenvalue weighted by Crippen LogP contribution is 2.31. The number of ether oxygens (including phenoxy) is 4. The van der Waals surface area contributed by atoms with Gasteiger partial charge in [0.05, 0.1) is 25.9 Å². The molecule has 0 atom stereocenters. The van der Waals surface area contributed by atoms with Gasteiger partial charge < -0.3 is 18.9 Å². The molecule has 0 aromatic heterocycles. The lowest BCUT2D eigenvalue weighted by molar-refractivity contribution is -0.138. The zero-order chi connectivity index (χ0) is 17.5. The maximum absolute atomic E-state index is 12.3. The van der Waals surface area contributed by atoms with Crippen molar-refractivity contribution in [2.45, 2.75) is 13.8 Å². The van der Waals surface area contributed by atoms with Gasteiger partial charge in [-0.15, -0.1) is 0 Å². The van der Waals surface area contributed by atoms with Gasteiger partial charge in [0.15, 0.2) is 0 Å². The largest absolute Gasteiger partial charge is 0.497 e. The zero-order valence-corrected chi connectivity index (χ0v) is 14.0. The van der Waals surface area contributed by atoms with Crippen molar-refractivity contribution in [1.82, 2.24) is 0 Å². The summed E-state index contributed by atoms with van der Waals surface area (Å²) in [6.45, 7) is 3.97. The third kappa shape index (κ3) is 4.16. The molecule has 0 radical (unpaired) electrons. The van der Waals surface area contributed by atoms with Crippen LogP contribution in [0.3, 0.4) is 0 Å². The van der Waals surface area contributed by atoms with Gasteiger partial charge in [-0.2, -0.15) is 0 Å². The first-order valence-corrected chi connectivity index (χ1v) is 7.66. The SMILES string of the molecule is CCOC(=O)/C=C1\COc2ccc(OC)cc2C=C1C(=O)OCC. The van der Waals surface area contributed by atoms with Crippen LogP contribution in [0.4, 0.5) is 0 Å². The molecule has 0 fully saturated rings. The number of hydrogen-bond donors (Lipinski definition) is 0. The van der Waals surface area contributed by atoms with Gasteiger partial charge in [-0.25, -0.2) is 9.59 Å². The van der Waals surface area contributed by atoms with Crippen molar-refractivity contribution >= 4 is 18.0 Å². The predicted molar refractivity (Wildman–Crippen MR) is 87.8 cm³/mol. The summed E-state index contributed by atoms with van der Waals surface area (Å²) in [7, 11) is 1.56. The summed E-state index contributed by atoms with van der Waals surface area (Å²) in [5.41, 5.74) is 1.34. The molecule has 2 rings (SSSR count). The molecule has 0 amide bonds. The van der Waals surface area contributed by atoms with Crippen molar-refractivity contribution in [2.75, 3.05) is 26.9 Å². The molecule has 6 nitrogen and oxygen atoms in total. The minimum Gasteiger partial charge on any atom is -0.497 e. The fraction of sp³-hybridized carbons (Fsp3) is 0.333. The Hall–Kier alpha value is -2.76. The molecule has 1 heterocycles. The van der Waals surface area contributed by atoms with E-state index in [1.807, 2.05) is 0 Å². The van der Waals surface area contributed by atoms with Crippen LogP contribution in [0, 0.1) is 0 Å².